The molecule has 5 rings (SSSR count). The molecule has 0 fully saturated rings. The summed E-state index contributed by atoms with van der Waals surface area (Å²) in [6.45, 7) is 1.98. The van der Waals surface area contributed by atoms with Gasteiger partial charge in [0.25, 0.3) is 6.23 Å². The van der Waals surface area contributed by atoms with Crippen LogP contribution >= 0.6 is 23.2 Å². The molecule has 30 heavy (non-hydrogen) atoms. The first-order chi connectivity index (χ1) is 14.5. The van der Waals surface area contributed by atoms with Crippen molar-refractivity contribution in [2.24, 2.45) is 5.10 Å². The highest BCUT2D eigenvalue weighted by Gasteiger charge is 2.44. The molecular weight excluding hydrogens is 419 g/mol. The Kier molecular flexibility index (Phi) is 4.76. The lowest BCUT2D eigenvalue weighted by Crippen LogP contribution is -2.46. The Balaban J connectivity index is 1.60. The number of hydrogen-bond acceptors (Lipinski definition) is 4. The number of hydrazone groups is 1. The van der Waals surface area contributed by atoms with Crippen molar-refractivity contribution < 1.29 is 9.53 Å². The lowest BCUT2D eigenvalue weighted by atomic mass is 9.95. The molecule has 0 N–H and O–H groups in total. The van der Waals surface area contributed by atoms with Crippen LogP contribution in [0.15, 0.2) is 71.8 Å². The average Bonchev–Trinajstić information content (AvgIpc) is 3.20. The molecule has 2 heterocycles. The molecule has 0 saturated heterocycles. The molecule has 0 spiro atoms. The second-order valence-electron chi connectivity index (χ2n) is 7.52. The van der Waals surface area contributed by atoms with Crippen molar-refractivity contribution in [3.63, 3.8) is 0 Å². The minimum Gasteiger partial charge on any atom is -0.459 e. The van der Waals surface area contributed by atoms with E-state index in [4.69, 9.17) is 33.0 Å². The van der Waals surface area contributed by atoms with E-state index < -0.39 is 6.23 Å². The van der Waals surface area contributed by atoms with Gasteiger partial charge in [0.2, 0.25) is 5.78 Å². The fourth-order valence-corrected chi connectivity index (χ4v) is 4.51. The van der Waals surface area contributed by atoms with Gasteiger partial charge in [0, 0.05) is 22.6 Å². The fraction of sp³-hybridized carbons (Fsp3) is 0.167. The van der Waals surface area contributed by atoms with Crippen molar-refractivity contribution in [3.05, 3.63) is 99.0 Å². The summed E-state index contributed by atoms with van der Waals surface area (Å²) in [4.78, 5) is 13.4. The second kappa shape index (κ2) is 7.46. The van der Waals surface area contributed by atoms with Gasteiger partial charge in [0.1, 0.15) is 5.75 Å². The summed E-state index contributed by atoms with van der Waals surface area (Å²) in [7, 11) is 0. The van der Waals surface area contributed by atoms with E-state index in [0.29, 0.717) is 27.8 Å². The molecule has 4 nitrogen and oxygen atoms in total. The van der Waals surface area contributed by atoms with Gasteiger partial charge in [-0.15, -0.1) is 0 Å². The summed E-state index contributed by atoms with van der Waals surface area (Å²) in [6, 6.07) is 20.7. The van der Waals surface area contributed by atoms with Crippen LogP contribution < -0.4 is 4.74 Å². The SMILES string of the molecule is Cc1ccc(C(=O)[C@H]2Oc3c(Cl)cc(Cl)cc3[C@H]3CC(c4ccccc4)=NN23)cc1. The lowest BCUT2D eigenvalue weighted by molar-refractivity contribution is -0.00447. The molecule has 0 saturated carbocycles. The zero-order valence-electron chi connectivity index (χ0n) is 16.2. The van der Waals surface area contributed by atoms with E-state index in [2.05, 4.69) is 0 Å². The highest BCUT2D eigenvalue weighted by atomic mass is 35.5. The number of rotatable bonds is 3. The van der Waals surface area contributed by atoms with Crippen LogP contribution in [0.2, 0.25) is 10.0 Å². The maximum atomic E-state index is 13.4. The first kappa shape index (κ1) is 19.2. The number of Topliss-reactive ketones (excluding diaryl/α,β-unsaturated/α-hetero) is 1. The third kappa shape index (κ3) is 3.26. The summed E-state index contributed by atoms with van der Waals surface area (Å²) in [5.74, 6) is 0.340. The summed E-state index contributed by atoms with van der Waals surface area (Å²) in [5.41, 5.74) is 4.41. The smallest absolute Gasteiger partial charge is 0.251 e. The number of hydrogen-bond donors (Lipinski definition) is 0. The van der Waals surface area contributed by atoms with Crippen molar-refractivity contribution in [1.29, 1.82) is 0 Å². The van der Waals surface area contributed by atoms with Crippen LogP contribution in [0.3, 0.4) is 0 Å². The quantitative estimate of drug-likeness (QED) is 0.468. The van der Waals surface area contributed by atoms with Crippen LogP contribution in [-0.2, 0) is 0 Å². The van der Waals surface area contributed by atoms with Gasteiger partial charge in [-0.2, -0.15) is 5.10 Å². The van der Waals surface area contributed by atoms with Crippen LogP contribution in [0.1, 0.15) is 39.5 Å². The third-order valence-electron chi connectivity index (χ3n) is 5.48. The molecule has 3 aromatic rings. The number of aryl methyl sites for hydroxylation is 1. The molecule has 0 aliphatic carbocycles. The van der Waals surface area contributed by atoms with Crippen LogP contribution in [0, 0.1) is 6.92 Å². The van der Waals surface area contributed by atoms with E-state index in [-0.39, 0.29) is 11.8 Å². The maximum Gasteiger partial charge on any atom is 0.251 e. The molecule has 2 aliphatic rings. The number of fused-ring (bicyclic) bond motifs is 3. The average molecular weight is 437 g/mol. The Bertz CT molecular complexity index is 1160. The van der Waals surface area contributed by atoms with Gasteiger partial charge in [0.15, 0.2) is 0 Å². The standard InChI is InChI=1S/C24H18Cl2N2O2/c1-14-7-9-16(10-8-14)22(29)24-28-21(13-20(27-28)15-5-3-2-4-6-15)18-11-17(25)12-19(26)23(18)30-24/h2-12,21,24H,13H2,1H3/t21-,24-/m1/s1. The lowest BCUT2D eigenvalue weighted by Gasteiger charge is -2.37. The van der Waals surface area contributed by atoms with Crippen molar-refractivity contribution in [3.8, 4) is 5.75 Å². The van der Waals surface area contributed by atoms with Crippen molar-refractivity contribution >= 4 is 34.7 Å². The van der Waals surface area contributed by atoms with Gasteiger partial charge in [-0.05, 0) is 24.6 Å². The van der Waals surface area contributed by atoms with E-state index in [1.165, 1.54) is 0 Å². The van der Waals surface area contributed by atoms with Gasteiger partial charge in [0.05, 0.1) is 16.8 Å². The number of carbonyl (C=O) groups excluding carboxylic acids is 1. The Labute approximate surface area is 184 Å². The molecule has 6 heteroatoms. The molecule has 0 radical (unpaired) electrons. The molecule has 150 valence electrons. The minimum atomic E-state index is -0.898. The predicted molar refractivity (Wildman–Crippen MR) is 119 cm³/mol. The fourth-order valence-electron chi connectivity index (χ4n) is 3.95. The summed E-state index contributed by atoms with van der Waals surface area (Å²) < 4.78 is 6.14. The van der Waals surface area contributed by atoms with Crippen LogP contribution in [0.25, 0.3) is 0 Å². The zero-order valence-corrected chi connectivity index (χ0v) is 17.7. The first-order valence-electron chi connectivity index (χ1n) is 9.69. The van der Waals surface area contributed by atoms with Gasteiger partial charge in [-0.1, -0.05) is 83.4 Å². The van der Waals surface area contributed by atoms with Gasteiger partial charge < -0.3 is 4.74 Å². The van der Waals surface area contributed by atoms with Crippen LogP contribution in [-0.4, -0.2) is 22.7 Å². The van der Waals surface area contributed by atoms with Crippen molar-refractivity contribution in [1.82, 2.24) is 5.01 Å². The molecule has 0 bridgehead atoms. The Morgan fingerprint density at radius 1 is 1.07 bits per heavy atom. The first-order valence-corrected chi connectivity index (χ1v) is 10.4. The second-order valence-corrected chi connectivity index (χ2v) is 8.36. The topological polar surface area (TPSA) is 41.9 Å². The third-order valence-corrected chi connectivity index (χ3v) is 5.97. The minimum absolute atomic E-state index is 0.158. The summed E-state index contributed by atoms with van der Waals surface area (Å²) in [6.07, 6.45) is -0.264. The molecule has 0 aromatic heterocycles. The predicted octanol–water partition coefficient (Wildman–Crippen LogP) is 6.05. The molecular formula is C24H18Cl2N2O2. The highest BCUT2D eigenvalue weighted by Crippen LogP contribution is 2.47. The van der Waals surface area contributed by atoms with E-state index in [9.17, 15) is 4.79 Å². The van der Waals surface area contributed by atoms with Crippen LogP contribution in [0.4, 0.5) is 0 Å². The maximum absolute atomic E-state index is 13.4. The van der Waals surface area contributed by atoms with Crippen molar-refractivity contribution in [2.45, 2.75) is 25.6 Å². The number of benzene rings is 3. The number of halogens is 2. The summed E-state index contributed by atoms with van der Waals surface area (Å²) >= 11 is 12.7. The van der Waals surface area contributed by atoms with Gasteiger partial charge in [-0.25, -0.2) is 5.01 Å². The van der Waals surface area contributed by atoms with Crippen molar-refractivity contribution in [2.75, 3.05) is 0 Å². The molecule has 2 atom stereocenters. The molecule has 0 amide bonds. The van der Waals surface area contributed by atoms with E-state index >= 15 is 0 Å². The van der Waals surface area contributed by atoms with E-state index in [0.717, 1.165) is 22.4 Å². The monoisotopic (exact) mass is 436 g/mol. The Morgan fingerprint density at radius 3 is 2.53 bits per heavy atom. The molecule has 3 aromatic carbocycles. The van der Waals surface area contributed by atoms with Gasteiger partial charge >= 0.3 is 0 Å². The zero-order chi connectivity index (χ0) is 20.8. The Morgan fingerprint density at radius 2 is 1.80 bits per heavy atom. The summed E-state index contributed by atoms with van der Waals surface area (Å²) in [5, 5.41) is 7.47. The van der Waals surface area contributed by atoms with Gasteiger partial charge in [-0.3, -0.25) is 4.79 Å². The van der Waals surface area contributed by atoms with Crippen LogP contribution in [0.5, 0.6) is 5.75 Å². The number of ketones is 1. The molecule has 2 aliphatic heterocycles. The van der Waals surface area contributed by atoms with E-state index in [1.54, 1.807) is 11.1 Å². The van der Waals surface area contributed by atoms with E-state index in [1.807, 2.05) is 67.6 Å². The number of nitrogens with zero attached hydrogens (tertiary/aromatic N) is 2. The number of carbonyl (C=O) groups is 1. The highest BCUT2D eigenvalue weighted by molar-refractivity contribution is 6.35. The number of ether oxygens (including phenoxy) is 1. The molecule has 0 unspecified atom stereocenters. The normalized spacial score (nSPS) is 19.6. The largest absolute Gasteiger partial charge is 0.459 e. The Hall–Kier alpha value is -2.82.